The fraction of sp³-hybridized carbons (Fsp3) is 0.192. The molecule has 0 bridgehead atoms. The summed E-state index contributed by atoms with van der Waals surface area (Å²) in [5.41, 5.74) is 1.84. The molecular formula is C26H20N2O4S. The zero-order valence-corrected chi connectivity index (χ0v) is 19.0. The largest absolute Gasteiger partial charge is 0.497 e. The van der Waals surface area contributed by atoms with Crippen molar-refractivity contribution < 1.29 is 9.47 Å². The highest BCUT2D eigenvalue weighted by molar-refractivity contribution is 7.19. The highest BCUT2D eigenvalue weighted by atomic mass is 32.1. The molecule has 3 heterocycles. The van der Waals surface area contributed by atoms with Gasteiger partial charge in [0.25, 0.3) is 11.1 Å². The van der Waals surface area contributed by atoms with Gasteiger partial charge in [-0.25, -0.2) is 4.40 Å². The molecule has 0 atom stereocenters. The van der Waals surface area contributed by atoms with Gasteiger partial charge < -0.3 is 9.47 Å². The number of hydrogen-bond acceptors (Lipinski definition) is 6. The SMILES string of the molecule is COc1cc(C=c2c3ccccc3c(=O)n3c2nc(=O)c2c4c(sc23)CCC4)cc(OC)c1. The Morgan fingerprint density at radius 2 is 1.73 bits per heavy atom. The molecule has 0 unspecified atom stereocenters. The molecule has 0 saturated carbocycles. The van der Waals surface area contributed by atoms with Crippen molar-refractivity contribution in [1.29, 1.82) is 0 Å². The second kappa shape index (κ2) is 7.42. The predicted octanol–water partition coefficient (Wildman–Crippen LogP) is 3.48. The van der Waals surface area contributed by atoms with Gasteiger partial charge in [0.2, 0.25) is 0 Å². The number of ether oxygens (including phenoxy) is 2. The average molecular weight is 457 g/mol. The molecule has 1 aliphatic rings. The van der Waals surface area contributed by atoms with Gasteiger partial charge in [0, 0.05) is 21.5 Å². The van der Waals surface area contributed by atoms with Crippen molar-refractivity contribution in [2.45, 2.75) is 19.3 Å². The lowest BCUT2D eigenvalue weighted by Crippen LogP contribution is -2.27. The van der Waals surface area contributed by atoms with Crippen LogP contribution in [0.15, 0.2) is 52.1 Å². The van der Waals surface area contributed by atoms with Gasteiger partial charge >= 0.3 is 0 Å². The first-order chi connectivity index (χ1) is 16.1. The molecule has 0 radical (unpaired) electrons. The fourth-order valence-electron chi connectivity index (χ4n) is 4.80. The number of aromatic nitrogens is 2. The maximum Gasteiger partial charge on any atom is 0.282 e. The molecule has 5 aromatic rings. The minimum Gasteiger partial charge on any atom is -0.497 e. The maximum atomic E-state index is 13.6. The second-order valence-corrected chi connectivity index (χ2v) is 9.25. The normalized spacial score (nSPS) is 13.8. The summed E-state index contributed by atoms with van der Waals surface area (Å²) in [5.74, 6) is 1.30. The number of thiophene rings is 1. The highest BCUT2D eigenvalue weighted by Gasteiger charge is 2.23. The number of hydrogen-bond donors (Lipinski definition) is 0. The third-order valence-electron chi connectivity index (χ3n) is 6.32. The van der Waals surface area contributed by atoms with E-state index in [1.165, 1.54) is 4.88 Å². The van der Waals surface area contributed by atoms with Crippen LogP contribution in [0.5, 0.6) is 11.5 Å². The fourth-order valence-corrected chi connectivity index (χ4v) is 6.18. The van der Waals surface area contributed by atoms with Crippen molar-refractivity contribution in [3.8, 4) is 11.5 Å². The van der Waals surface area contributed by atoms with Crippen molar-refractivity contribution in [3.63, 3.8) is 0 Å². The number of fused-ring (bicyclic) bond motifs is 6. The minimum absolute atomic E-state index is 0.154. The van der Waals surface area contributed by atoms with E-state index in [1.54, 1.807) is 36.0 Å². The Kier molecular flexibility index (Phi) is 4.48. The van der Waals surface area contributed by atoms with Crippen LogP contribution < -0.4 is 25.8 Å². The number of rotatable bonds is 3. The molecule has 0 aliphatic heterocycles. The van der Waals surface area contributed by atoms with Crippen LogP contribution in [0.25, 0.3) is 32.7 Å². The van der Waals surface area contributed by atoms with Crippen molar-refractivity contribution in [2.75, 3.05) is 14.2 Å². The minimum atomic E-state index is -0.267. The van der Waals surface area contributed by atoms with Gasteiger partial charge in [-0.05, 0) is 60.1 Å². The first-order valence-electron chi connectivity index (χ1n) is 10.8. The summed E-state index contributed by atoms with van der Waals surface area (Å²) in [5, 5.41) is 2.66. The zero-order valence-electron chi connectivity index (χ0n) is 18.2. The third-order valence-corrected chi connectivity index (χ3v) is 7.59. The van der Waals surface area contributed by atoms with Crippen molar-refractivity contribution in [1.82, 2.24) is 9.38 Å². The van der Waals surface area contributed by atoms with E-state index in [4.69, 9.17) is 9.47 Å². The van der Waals surface area contributed by atoms with Crippen molar-refractivity contribution >= 4 is 44.0 Å². The summed E-state index contributed by atoms with van der Waals surface area (Å²) < 4.78 is 12.5. The van der Waals surface area contributed by atoms with E-state index >= 15 is 0 Å². The Bertz CT molecular complexity index is 1750. The van der Waals surface area contributed by atoms with Crippen molar-refractivity contribution in [2.24, 2.45) is 0 Å². The maximum absolute atomic E-state index is 13.6. The standard InChI is InChI=1S/C26H20N2O4S/c1-31-15-10-14(11-16(13-15)32-2)12-20-17-6-3-4-7-18(17)25(30)28-23(20)27-24(29)22-19-8-5-9-21(19)33-26(22)28/h3-4,6-7,10-13H,5,8-9H2,1-2H3. The van der Waals surface area contributed by atoms with Crippen LogP contribution >= 0.6 is 11.3 Å². The summed E-state index contributed by atoms with van der Waals surface area (Å²) in [6.45, 7) is 0. The number of benzene rings is 2. The topological polar surface area (TPSA) is 69.9 Å². The van der Waals surface area contributed by atoms with Crippen LogP contribution in [0, 0.1) is 0 Å². The summed E-state index contributed by atoms with van der Waals surface area (Å²) in [7, 11) is 3.20. The number of aryl methyl sites for hydroxylation is 2. The van der Waals surface area contributed by atoms with E-state index < -0.39 is 0 Å². The van der Waals surface area contributed by atoms with Crippen LogP contribution in [-0.4, -0.2) is 23.6 Å². The lowest BCUT2D eigenvalue weighted by molar-refractivity contribution is 0.394. The Morgan fingerprint density at radius 3 is 2.45 bits per heavy atom. The molecule has 3 aromatic heterocycles. The summed E-state index contributed by atoms with van der Waals surface area (Å²) in [6, 6.07) is 13.0. The Morgan fingerprint density at radius 1 is 1.00 bits per heavy atom. The molecule has 0 N–H and O–H groups in total. The van der Waals surface area contributed by atoms with Gasteiger partial charge in [0.05, 0.1) is 19.6 Å². The van der Waals surface area contributed by atoms with Gasteiger partial charge in [0.1, 0.15) is 16.3 Å². The molecule has 6 rings (SSSR count). The Labute approximate surface area is 192 Å². The predicted molar refractivity (Wildman–Crippen MR) is 131 cm³/mol. The quantitative estimate of drug-likeness (QED) is 0.389. The highest BCUT2D eigenvalue weighted by Crippen LogP contribution is 2.35. The van der Waals surface area contributed by atoms with E-state index in [-0.39, 0.29) is 11.1 Å². The van der Waals surface area contributed by atoms with E-state index in [0.717, 1.165) is 35.8 Å². The molecule has 6 nitrogen and oxygen atoms in total. The Hall–Kier alpha value is -3.71. The third kappa shape index (κ3) is 2.96. The molecule has 0 fully saturated rings. The van der Waals surface area contributed by atoms with Crippen molar-refractivity contribution in [3.05, 3.63) is 84.4 Å². The van der Waals surface area contributed by atoms with Gasteiger partial charge in [-0.15, -0.1) is 11.3 Å². The van der Waals surface area contributed by atoms with Crippen LogP contribution in [0.2, 0.25) is 0 Å². The van der Waals surface area contributed by atoms with E-state index in [9.17, 15) is 9.59 Å². The lowest BCUT2D eigenvalue weighted by atomic mass is 10.1. The second-order valence-electron chi connectivity index (χ2n) is 8.17. The molecule has 33 heavy (non-hydrogen) atoms. The summed E-state index contributed by atoms with van der Waals surface area (Å²) in [6.07, 6.45) is 4.78. The first kappa shape index (κ1) is 19.9. The van der Waals surface area contributed by atoms with Gasteiger partial charge in [-0.3, -0.25) is 9.59 Å². The van der Waals surface area contributed by atoms with E-state index in [0.29, 0.717) is 38.0 Å². The lowest BCUT2D eigenvalue weighted by Gasteiger charge is -2.09. The number of methoxy groups -OCH3 is 2. The molecule has 1 aliphatic carbocycles. The molecule has 2 aromatic carbocycles. The van der Waals surface area contributed by atoms with Crippen LogP contribution in [0.3, 0.4) is 0 Å². The first-order valence-corrected chi connectivity index (χ1v) is 11.6. The monoisotopic (exact) mass is 456 g/mol. The smallest absolute Gasteiger partial charge is 0.282 e. The van der Waals surface area contributed by atoms with E-state index in [2.05, 4.69) is 4.98 Å². The van der Waals surface area contributed by atoms with Crippen LogP contribution in [0.1, 0.15) is 22.4 Å². The Balaban J connectivity index is 1.82. The molecule has 164 valence electrons. The summed E-state index contributed by atoms with van der Waals surface area (Å²) >= 11 is 1.55. The zero-order chi connectivity index (χ0) is 22.7. The molecule has 0 amide bonds. The van der Waals surface area contributed by atoms with Gasteiger partial charge in [0.15, 0.2) is 5.65 Å². The number of nitrogens with zero attached hydrogens (tertiary/aromatic N) is 2. The average Bonchev–Trinajstić information content (AvgIpc) is 3.43. The summed E-state index contributed by atoms with van der Waals surface area (Å²) in [4.78, 5) is 33.2. The van der Waals surface area contributed by atoms with Gasteiger partial charge in [-0.2, -0.15) is 4.98 Å². The van der Waals surface area contributed by atoms with Gasteiger partial charge in [-0.1, -0.05) is 18.2 Å². The molecule has 7 heteroatoms. The molecule has 0 spiro atoms. The molecular weight excluding hydrogens is 436 g/mol. The molecule has 0 saturated heterocycles. The van der Waals surface area contributed by atoms with Crippen LogP contribution in [-0.2, 0) is 12.8 Å². The number of pyridine rings is 1. The van der Waals surface area contributed by atoms with Crippen LogP contribution in [0.4, 0.5) is 0 Å². The van der Waals surface area contributed by atoms with E-state index in [1.807, 2.05) is 42.5 Å².